The van der Waals surface area contributed by atoms with Crippen LogP contribution in [0, 0.1) is 13.8 Å². The van der Waals surface area contributed by atoms with Crippen LogP contribution in [0.2, 0.25) is 5.02 Å². The summed E-state index contributed by atoms with van der Waals surface area (Å²) in [7, 11) is 0. The summed E-state index contributed by atoms with van der Waals surface area (Å²) in [6.45, 7) is 5.67. The lowest BCUT2D eigenvalue weighted by Gasteiger charge is -2.21. The van der Waals surface area contributed by atoms with E-state index in [-0.39, 0.29) is 18.4 Å². The number of carbonyl (C=O) groups excluding carboxylic acids is 2. The van der Waals surface area contributed by atoms with Crippen LogP contribution in [0.5, 0.6) is 0 Å². The van der Waals surface area contributed by atoms with Gasteiger partial charge in [-0.3, -0.25) is 9.59 Å². The van der Waals surface area contributed by atoms with E-state index in [1.807, 2.05) is 50.2 Å². The van der Waals surface area contributed by atoms with E-state index in [4.69, 9.17) is 11.6 Å². The Hall–Kier alpha value is -2.33. The largest absolute Gasteiger partial charge is 0.329 e. The topological polar surface area (TPSA) is 49.4 Å². The van der Waals surface area contributed by atoms with E-state index >= 15 is 0 Å². The number of hydrogen-bond donors (Lipinski definition) is 1. The zero-order chi connectivity index (χ0) is 17.7. The second-order valence-electron chi connectivity index (χ2n) is 5.83. The molecular weight excluding hydrogens is 324 g/mol. The molecule has 0 radical (unpaired) electrons. The minimum absolute atomic E-state index is 0.0200. The molecule has 0 saturated heterocycles. The molecule has 0 bridgehead atoms. The fraction of sp³-hybridized carbons (Fsp3) is 0.263. The highest BCUT2D eigenvalue weighted by Gasteiger charge is 2.16. The monoisotopic (exact) mass is 344 g/mol. The van der Waals surface area contributed by atoms with Gasteiger partial charge in [-0.1, -0.05) is 47.5 Å². The van der Waals surface area contributed by atoms with E-state index < -0.39 is 0 Å². The Morgan fingerprint density at radius 1 is 1.12 bits per heavy atom. The van der Waals surface area contributed by atoms with Gasteiger partial charge >= 0.3 is 0 Å². The number of carbonyl (C=O) groups is 2. The van der Waals surface area contributed by atoms with E-state index in [1.165, 1.54) is 11.8 Å². The predicted octanol–water partition coefficient (Wildman–Crippen LogP) is 3.94. The quantitative estimate of drug-likeness (QED) is 0.893. The van der Waals surface area contributed by atoms with Crippen molar-refractivity contribution in [3.05, 3.63) is 64.2 Å². The standard InChI is InChI=1S/C19H21ClN2O2/c1-13-8-9-18(14(2)10-13)21-19(24)12-22(15(3)23)11-16-6-4-5-7-17(16)20/h4-10H,11-12H2,1-3H3,(H,21,24). The Bertz CT molecular complexity index is 759. The molecule has 5 heteroatoms. The van der Waals surface area contributed by atoms with Crippen LogP contribution in [-0.4, -0.2) is 23.3 Å². The molecule has 1 N–H and O–H groups in total. The summed E-state index contributed by atoms with van der Waals surface area (Å²) in [4.78, 5) is 25.6. The van der Waals surface area contributed by atoms with Gasteiger partial charge in [-0.2, -0.15) is 0 Å². The van der Waals surface area contributed by atoms with Crippen LogP contribution in [0.25, 0.3) is 0 Å². The van der Waals surface area contributed by atoms with Crippen molar-refractivity contribution >= 4 is 29.1 Å². The van der Waals surface area contributed by atoms with Gasteiger partial charge in [0.25, 0.3) is 0 Å². The molecule has 2 rings (SSSR count). The maximum absolute atomic E-state index is 12.3. The van der Waals surface area contributed by atoms with Crippen LogP contribution in [0.4, 0.5) is 5.69 Å². The van der Waals surface area contributed by atoms with Gasteiger partial charge in [0.15, 0.2) is 0 Å². The third kappa shape index (κ3) is 4.83. The smallest absolute Gasteiger partial charge is 0.244 e. The molecule has 0 aliphatic rings. The fourth-order valence-electron chi connectivity index (χ4n) is 2.43. The van der Waals surface area contributed by atoms with E-state index in [9.17, 15) is 9.59 Å². The number of anilines is 1. The molecule has 0 aliphatic carbocycles. The third-order valence-electron chi connectivity index (χ3n) is 3.75. The lowest BCUT2D eigenvalue weighted by atomic mass is 10.1. The van der Waals surface area contributed by atoms with Crippen molar-refractivity contribution in [1.82, 2.24) is 4.90 Å². The molecule has 0 aromatic heterocycles. The molecule has 126 valence electrons. The molecule has 2 amide bonds. The first kappa shape index (κ1) is 18.0. The second-order valence-corrected chi connectivity index (χ2v) is 6.24. The van der Waals surface area contributed by atoms with Gasteiger partial charge in [-0.15, -0.1) is 0 Å². The summed E-state index contributed by atoms with van der Waals surface area (Å²) in [5, 5.41) is 3.44. The van der Waals surface area contributed by atoms with Gasteiger partial charge in [0.05, 0.1) is 0 Å². The predicted molar refractivity (Wildman–Crippen MR) is 97.1 cm³/mol. The van der Waals surface area contributed by atoms with Gasteiger partial charge in [0.1, 0.15) is 6.54 Å². The molecule has 2 aromatic carbocycles. The van der Waals surface area contributed by atoms with Crippen molar-refractivity contribution in [3.63, 3.8) is 0 Å². The summed E-state index contributed by atoms with van der Waals surface area (Å²) >= 11 is 6.14. The van der Waals surface area contributed by atoms with Crippen LogP contribution >= 0.6 is 11.6 Å². The van der Waals surface area contributed by atoms with Crippen LogP contribution < -0.4 is 5.32 Å². The van der Waals surface area contributed by atoms with E-state index in [1.54, 1.807) is 6.07 Å². The maximum Gasteiger partial charge on any atom is 0.244 e. The SMILES string of the molecule is CC(=O)N(CC(=O)Nc1ccc(C)cc1C)Cc1ccccc1Cl. The zero-order valence-corrected chi connectivity index (χ0v) is 14.9. The van der Waals surface area contributed by atoms with Gasteiger partial charge in [-0.25, -0.2) is 0 Å². The van der Waals surface area contributed by atoms with Gasteiger partial charge in [-0.05, 0) is 37.1 Å². The van der Waals surface area contributed by atoms with Crippen LogP contribution in [-0.2, 0) is 16.1 Å². The highest BCUT2D eigenvalue weighted by Crippen LogP contribution is 2.18. The summed E-state index contributed by atoms with van der Waals surface area (Å²) in [6, 6.07) is 13.1. The summed E-state index contributed by atoms with van der Waals surface area (Å²) in [6.07, 6.45) is 0. The summed E-state index contributed by atoms with van der Waals surface area (Å²) in [5.74, 6) is -0.407. The molecule has 2 aromatic rings. The van der Waals surface area contributed by atoms with Crippen molar-refractivity contribution in [2.75, 3.05) is 11.9 Å². The Labute approximate surface area is 147 Å². The van der Waals surface area contributed by atoms with E-state index in [2.05, 4.69) is 5.32 Å². The second kappa shape index (κ2) is 7.97. The van der Waals surface area contributed by atoms with Crippen molar-refractivity contribution in [3.8, 4) is 0 Å². The lowest BCUT2D eigenvalue weighted by Crippen LogP contribution is -2.36. The molecule has 0 heterocycles. The van der Waals surface area contributed by atoms with Gasteiger partial charge in [0, 0.05) is 24.2 Å². The van der Waals surface area contributed by atoms with Crippen LogP contribution in [0.15, 0.2) is 42.5 Å². The molecule has 24 heavy (non-hydrogen) atoms. The fourth-order valence-corrected chi connectivity index (χ4v) is 2.62. The number of aryl methyl sites for hydroxylation is 2. The number of nitrogens with one attached hydrogen (secondary N) is 1. The lowest BCUT2D eigenvalue weighted by molar-refractivity contribution is -0.133. The van der Waals surface area contributed by atoms with Crippen molar-refractivity contribution in [2.45, 2.75) is 27.3 Å². The number of amides is 2. The highest BCUT2D eigenvalue weighted by molar-refractivity contribution is 6.31. The minimum atomic E-state index is -0.232. The number of benzene rings is 2. The first-order valence-corrected chi connectivity index (χ1v) is 8.10. The summed E-state index contributed by atoms with van der Waals surface area (Å²) in [5.41, 5.74) is 3.69. The Morgan fingerprint density at radius 2 is 1.83 bits per heavy atom. The molecule has 0 unspecified atom stereocenters. The molecule has 4 nitrogen and oxygen atoms in total. The van der Waals surface area contributed by atoms with Crippen molar-refractivity contribution in [1.29, 1.82) is 0 Å². The number of hydrogen-bond acceptors (Lipinski definition) is 2. The molecular formula is C19H21ClN2O2. The Kier molecular flexibility index (Phi) is 5.99. The van der Waals surface area contributed by atoms with Gasteiger partial charge in [0.2, 0.25) is 11.8 Å². The number of rotatable bonds is 5. The Balaban J connectivity index is 2.06. The molecule has 0 fully saturated rings. The highest BCUT2D eigenvalue weighted by atomic mass is 35.5. The molecule has 0 atom stereocenters. The Morgan fingerprint density at radius 3 is 2.46 bits per heavy atom. The average molecular weight is 345 g/mol. The molecule has 0 saturated carbocycles. The van der Waals surface area contributed by atoms with E-state index in [0.29, 0.717) is 11.6 Å². The first-order chi connectivity index (χ1) is 11.4. The average Bonchev–Trinajstić information content (AvgIpc) is 2.51. The zero-order valence-electron chi connectivity index (χ0n) is 14.1. The molecule has 0 aliphatic heterocycles. The van der Waals surface area contributed by atoms with Crippen LogP contribution in [0.1, 0.15) is 23.6 Å². The van der Waals surface area contributed by atoms with Crippen LogP contribution in [0.3, 0.4) is 0 Å². The van der Waals surface area contributed by atoms with Gasteiger partial charge < -0.3 is 10.2 Å². The maximum atomic E-state index is 12.3. The first-order valence-electron chi connectivity index (χ1n) is 7.73. The minimum Gasteiger partial charge on any atom is -0.329 e. The van der Waals surface area contributed by atoms with Crippen molar-refractivity contribution < 1.29 is 9.59 Å². The number of halogens is 1. The molecule has 0 spiro atoms. The number of nitrogens with zero attached hydrogens (tertiary/aromatic N) is 1. The summed E-state index contributed by atoms with van der Waals surface area (Å²) < 4.78 is 0. The normalized spacial score (nSPS) is 10.3. The van der Waals surface area contributed by atoms with E-state index in [0.717, 1.165) is 22.4 Å². The van der Waals surface area contributed by atoms with Crippen molar-refractivity contribution in [2.24, 2.45) is 0 Å². The third-order valence-corrected chi connectivity index (χ3v) is 4.12.